The third kappa shape index (κ3) is 6.85. The summed E-state index contributed by atoms with van der Waals surface area (Å²) >= 11 is 0. The molecule has 75 heavy (non-hydrogen) atoms. The topological polar surface area (TPSA) is 13.1 Å². The summed E-state index contributed by atoms with van der Waals surface area (Å²) in [4.78, 5) is 0. The van der Waals surface area contributed by atoms with Gasteiger partial charge in [-0.15, -0.1) is 43.7 Å². The van der Waals surface area contributed by atoms with Crippen LogP contribution in [0.1, 0.15) is 0 Å². The summed E-state index contributed by atoms with van der Waals surface area (Å²) < 4.78 is 6.18. The lowest BCUT2D eigenvalue weighted by molar-refractivity contribution is 0.675. The number of benzene rings is 9. The van der Waals surface area contributed by atoms with E-state index in [9.17, 15) is 0 Å². The van der Waals surface area contributed by atoms with Gasteiger partial charge in [0, 0.05) is 10.8 Å². The molecule has 0 atom stereocenters. The van der Waals surface area contributed by atoms with Gasteiger partial charge in [-0.1, -0.05) is 109 Å². The highest BCUT2D eigenvalue weighted by Crippen LogP contribution is 2.40. The van der Waals surface area contributed by atoms with Gasteiger partial charge in [0.1, 0.15) is 231 Å². The number of furan rings is 1. The molecule has 10 aromatic rings. The second kappa shape index (κ2) is 18.1. The minimum Gasteiger partial charge on any atom is -0.457 e. The van der Waals surface area contributed by atoms with Crippen molar-refractivity contribution in [2.24, 2.45) is 0 Å². The van der Waals surface area contributed by atoms with E-state index in [1.807, 2.05) is 0 Å². The van der Waals surface area contributed by atoms with Gasteiger partial charge in [-0.25, -0.2) is 0 Å². The van der Waals surface area contributed by atoms with Gasteiger partial charge in [0.15, 0.2) is 0 Å². The molecule has 0 aliphatic rings. The first-order chi connectivity index (χ1) is 35.0. The second-order valence-electron chi connectivity index (χ2n) is 18.3. The molecule has 0 bridgehead atoms. The minimum atomic E-state index is -0.252. The van der Waals surface area contributed by atoms with Crippen LogP contribution in [0.5, 0.6) is 0 Å². The SMILES string of the molecule is [B]c1c([B])c([B])c2c(oc3c([B])c([B])c(-c4c5c([B])c([B])c([B])c([B])c5c(-c5c([B])c([B])c6c([B])c(-c7c([B])c([B])c8c([B])c([B])c([B])c([B])c8c7[B])c([B])c([B])c6c5[B])c5c([B])c([B])c([B])c([B])c45)c([B])c32)c1[B]. The number of rotatable bonds is 3. The molecule has 0 aliphatic carbocycles. The first-order valence-electron chi connectivity index (χ1n) is 22.0. The van der Waals surface area contributed by atoms with E-state index >= 15 is 0 Å². The molecule has 56 radical (unpaired) electrons. The Kier molecular flexibility index (Phi) is 13.0. The van der Waals surface area contributed by atoms with Crippen LogP contribution in [0, 0.1) is 0 Å². The van der Waals surface area contributed by atoms with Crippen molar-refractivity contribution in [2.45, 2.75) is 0 Å². The van der Waals surface area contributed by atoms with Crippen molar-refractivity contribution in [3.8, 4) is 33.4 Å². The first-order valence-corrected chi connectivity index (χ1v) is 22.0. The predicted molar refractivity (Wildman–Crippen MR) is 351 cm³/mol. The van der Waals surface area contributed by atoms with Gasteiger partial charge in [-0.3, -0.25) is 0 Å². The molecule has 0 N–H and O–H groups in total. The largest absolute Gasteiger partial charge is 0.457 e. The van der Waals surface area contributed by atoms with Gasteiger partial charge >= 0.3 is 0 Å². The Morgan fingerprint density at radius 2 is 0.280 bits per heavy atom. The van der Waals surface area contributed by atoms with Crippen LogP contribution < -0.4 is 153 Å². The zero-order valence-corrected chi connectivity index (χ0v) is 39.6. The van der Waals surface area contributed by atoms with E-state index in [0.29, 0.717) is 0 Å². The minimum absolute atomic E-state index is 0.00212. The highest BCUT2D eigenvalue weighted by molar-refractivity contribution is 6.78. The molecule has 0 saturated carbocycles. The van der Waals surface area contributed by atoms with Crippen LogP contribution in [-0.4, -0.2) is 220 Å². The molecule has 0 amide bonds. The summed E-state index contributed by atoms with van der Waals surface area (Å²) in [5.74, 6) is 0. The standard InChI is InChI=1S/C46B28O/c47-17-7(25(55)26(56)10-9(17)27(57)28(58)11(18(10)48)12-19(49)13-14(30(60)29(12)59)32(62)40(70)39(69)31(13)61)1-3-5(23(53)37(67)35(65)21(3)51)2(6-4(1)22(52)36(66)38(68)24(6)54)8-20(50)15-16-34(64)41(71)42(72)44(74)46(16)75-45(15)43(73)33(8)63. The van der Waals surface area contributed by atoms with Gasteiger partial charge in [0.05, 0.1) is 0 Å². The third-order valence-corrected chi connectivity index (χ3v) is 14.7. The summed E-state index contributed by atoms with van der Waals surface area (Å²) in [6, 6.07) is 0. The number of hydrogen-bond acceptors (Lipinski definition) is 1. The Hall–Kier alpha value is -4.36. The molecule has 0 saturated heterocycles. The maximum atomic E-state index is 7.32. The fraction of sp³-hybridized carbons (Fsp3) is 0. The highest BCUT2D eigenvalue weighted by atomic mass is 16.3. The van der Waals surface area contributed by atoms with E-state index < -0.39 is 0 Å². The van der Waals surface area contributed by atoms with E-state index in [-0.39, 0.29) is 251 Å². The lowest BCUT2D eigenvalue weighted by Gasteiger charge is -2.33. The lowest BCUT2D eigenvalue weighted by atomic mass is 9.55. The first kappa shape index (κ1) is 54.0. The molecule has 0 aliphatic heterocycles. The van der Waals surface area contributed by atoms with Crippen LogP contribution in [0.2, 0.25) is 0 Å². The zero-order valence-electron chi connectivity index (χ0n) is 39.6. The molecular weight excluding hydrogens is 871 g/mol. The lowest BCUT2D eigenvalue weighted by Crippen LogP contribution is -2.53. The Morgan fingerprint density at radius 1 is 0.120 bits per heavy atom. The van der Waals surface area contributed by atoms with Gasteiger partial charge < -0.3 is 4.42 Å². The van der Waals surface area contributed by atoms with Crippen LogP contribution in [0.3, 0.4) is 0 Å². The van der Waals surface area contributed by atoms with E-state index in [1.165, 1.54) is 0 Å². The van der Waals surface area contributed by atoms with Gasteiger partial charge in [0.25, 0.3) is 0 Å². The predicted octanol–water partition coefficient (Wildman–Crippen LogP) is -20.6. The summed E-state index contributed by atoms with van der Waals surface area (Å²) in [6.45, 7) is 0. The van der Waals surface area contributed by atoms with E-state index in [4.69, 9.17) is 224 Å². The van der Waals surface area contributed by atoms with E-state index in [0.717, 1.165) is 0 Å². The quantitative estimate of drug-likeness (QED) is 0.127. The van der Waals surface area contributed by atoms with Crippen LogP contribution in [0.25, 0.3) is 98.4 Å². The molecule has 29 heteroatoms. The Morgan fingerprint density at radius 3 is 0.573 bits per heavy atom. The third-order valence-electron chi connectivity index (χ3n) is 14.7. The smallest absolute Gasteiger partial charge is 0.127 e. The van der Waals surface area contributed by atoms with Gasteiger partial charge in [-0.2, -0.15) is 0 Å². The molecule has 0 fully saturated rings. The molecule has 1 nitrogen and oxygen atoms in total. The normalized spacial score (nSPS) is 11.9. The summed E-state index contributed by atoms with van der Waals surface area (Å²) in [5, 5.41) is 0.351. The van der Waals surface area contributed by atoms with Crippen LogP contribution in [-0.2, 0) is 0 Å². The fourth-order valence-electron chi connectivity index (χ4n) is 10.8. The number of hydrogen-bond donors (Lipinski definition) is 0. The molecule has 9 aromatic carbocycles. The molecule has 1 aromatic heterocycles. The average Bonchev–Trinajstić information content (AvgIpc) is 3.83. The average molecular weight is 871 g/mol. The fourth-order valence-corrected chi connectivity index (χ4v) is 10.8. The maximum Gasteiger partial charge on any atom is 0.127 e. The number of fused-ring (bicyclic) bond motifs is 7. The molecule has 0 spiro atoms. The zero-order chi connectivity index (χ0) is 55.3. The van der Waals surface area contributed by atoms with E-state index in [1.54, 1.807) is 0 Å². The van der Waals surface area contributed by atoms with Crippen molar-refractivity contribution in [1.29, 1.82) is 0 Å². The molecular formula is C46B28O. The van der Waals surface area contributed by atoms with E-state index in [2.05, 4.69) is 0 Å². The van der Waals surface area contributed by atoms with Crippen LogP contribution >= 0.6 is 0 Å². The van der Waals surface area contributed by atoms with Crippen LogP contribution in [0.15, 0.2) is 4.42 Å². The van der Waals surface area contributed by atoms with Crippen molar-refractivity contribution in [1.82, 2.24) is 0 Å². The van der Waals surface area contributed by atoms with Crippen LogP contribution in [0.4, 0.5) is 0 Å². The summed E-state index contributed by atoms with van der Waals surface area (Å²) in [6.07, 6.45) is 0. The Labute approximate surface area is 472 Å². The van der Waals surface area contributed by atoms with Crippen molar-refractivity contribution in [3.63, 3.8) is 0 Å². The molecule has 274 valence electrons. The molecule has 1 heterocycles. The van der Waals surface area contributed by atoms with Gasteiger partial charge in [0.2, 0.25) is 0 Å². The van der Waals surface area contributed by atoms with Crippen molar-refractivity contribution < 1.29 is 4.42 Å². The summed E-state index contributed by atoms with van der Waals surface area (Å²) in [7, 11) is 190. The highest BCUT2D eigenvalue weighted by Gasteiger charge is 2.31. The maximum absolute atomic E-state index is 7.32. The molecule has 0 unspecified atom stereocenters. The summed E-state index contributed by atoms with van der Waals surface area (Å²) in [5.41, 5.74) is -4.33. The van der Waals surface area contributed by atoms with Crippen molar-refractivity contribution >= 4 is 438 Å². The molecule has 10 rings (SSSR count). The van der Waals surface area contributed by atoms with Crippen molar-refractivity contribution in [2.75, 3.05) is 0 Å². The Bertz CT molecular complexity index is 4360. The second-order valence-corrected chi connectivity index (χ2v) is 18.3. The monoisotopic (exact) mass is 876 g/mol. The Balaban J connectivity index is 1.43. The van der Waals surface area contributed by atoms with Gasteiger partial charge in [-0.05, 0) is 76.5 Å². The van der Waals surface area contributed by atoms with Crippen molar-refractivity contribution in [3.05, 3.63) is 0 Å².